The Kier molecular flexibility index (Phi) is 7.99. The van der Waals surface area contributed by atoms with Crippen molar-refractivity contribution in [3.8, 4) is 0 Å². The van der Waals surface area contributed by atoms with Crippen LogP contribution in [0.5, 0.6) is 0 Å². The number of rotatable bonds is 8. The average molecular weight is 506 g/mol. The zero-order chi connectivity index (χ0) is 26.0. The van der Waals surface area contributed by atoms with Crippen LogP contribution < -0.4 is 0 Å². The van der Waals surface area contributed by atoms with Gasteiger partial charge in [0.25, 0.3) is 5.91 Å². The first kappa shape index (κ1) is 26.5. The van der Waals surface area contributed by atoms with Crippen molar-refractivity contribution in [2.75, 3.05) is 13.1 Å². The standard InChI is InChI=1S/C31H39NO3S/c1-20-15-16-27(26-14-10-9-13-25(20)26)28(21(2)17-23-11-7-6-8-12-23)36-22(3)29(33)32-18-24(19-32)31(4,5)30(34)35/h9-10,13-16,23-24H,3,6-8,11-12,17-19H2,1-2,4-5H3,(H,34,35)/b28-21+. The van der Waals surface area contributed by atoms with Gasteiger partial charge in [-0.15, -0.1) is 0 Å². The molecule has 1 amide bonds. The van der Waals surface area contributed by atoms with E-state index >= 15 is 0 Å². The van der Waals surface area contributed by atoms with Crippen molar-refractivity contribution in [2.24, 2.45) is 17.3 Å². The highest BCUT2D eigenvalue weighted by atomic mass is 32.2. The van der Waals surface area contributed by atoms with Gasteiger partial charge in [-0.25, -0.2) is 0 Å². The summed E-state index contributed by atoms with van der Waals surface area (Å²) in [7, 11) is 0. The van der Waals surface area contributed by atoms with Gasteiger partial charge in [-0.05, 0) is 61.9 Å². The molecule has 1 aliphatic carbocycles. The molecule has 1 saturated carbocycles. The number of hydrogen-bond donors (Lipinski definition) is 1. The van der Waals surface area contributed by atoms with Gasteiger partial charge in [0.05, 0.1) is 10.3 Å². The number of carbonyl (C=O) groups is 2. The van der Waals surface area contributed by atoms with Gasteiger partial charge in [0.2, 0.25) is 0 Å². The third-order valence-electron chi connectivity index (χ3n) is 8.30. The molecule has 0 unspecified atom stereocenters. The van der Waals surface area contributed by atoms with E-state index in [0.717, 1.165) is 16.9 Å². The fourth-order valence-electron chi connectivity index (χ4n) is 5.56. The molecule has 2 aromatic rings. The number of benzene rings is 2. The summed E-state index contributed by atoms with van der Waals surface area (Å²) in [5.74, 6) is -0.246. The van der Waals surface area contributed by atoms with Crippen LogP contribution in [0, 0.1) is 24.2 Å². The monoisotopic (exact) mass is 505 g/mol. The van der Waals surface area contributed by atoms with Gasteiger partial charge in [-0.3, -0.25) is 9.59 Å². The second kappa shape index (κ2) is 10.8. The van der Waals surface area contributed by atoms with Gasteiger partial charge in [0, 0.05) is 23.9 Å². The van der Waals surface area contributed by atoms with E-state index in [0.29, 0.717) is 23.9 Å². The molecule has 0 radical (unpaired) electrons. The van der Waals surface area contributed by atoms with Crippen LogP contribution in [0.4, 0.5) is 0 Å². The van der Waals surface area contributed by atoms with Crippen molar-refractivity contribution in [1.82, 2.24) is 4.90 Å². The molecule has 0 bridgehead atoms. The Morgan fingerprint density at radius 1 is 1.06 bits per heavy atom. The van der Waals surface area contributed by atoms with E-state index < -0.39 is 11.4 Å². The minimum Gasteiger partial charge on any atom is -0.481 e. The average Bonchev–Trinajstić information content (AvgIpc) is 2.82. The predicted molar refractivity (Wildman–Crippen MR) is 151 cm³/mol. The number of likely N-dealkylation sites (tertiary alicyclic amines) is 1. The molecular formula is C31H39NO3S. The molecule has 2 fully saturated rings. The van der Waals surface area contributed by atoms with Crippen LogP contribution in [0.15, 0.2) is 53.5 Å². The molecule has 36 heavy (non-hydrogen) atoms. The SMILES string of the molecule is C=C(S/C(=C(\C)CC1CCCCC1)c1ccc(C)c2ccccc12)C(=O)N1CC(C(C)(C)C(=O)O)C1. The highest BCUT2D eigenvalue weighted by molar-refractivity contribution is 8.12. The number of carboxylic acid groups (broad SMARTS) is 1. The van der Waals surface area contributed by atoms with E-state index in [2.05, 4.69) is 56.8 Å². The Hall–Kier alpha value is -2.53. The molecule has 1 N–H and O–H groups in total. The quantitative estimate of drug-likeness (QED) is 0.374. The van der Waals surface area contributed by atoms with Crippen LogP contribution in [0.1, 0.15) is 70.4 Å². The molecule has 2 aromatic carbocycles. The van der Waals surface area contributed by atoms with E-state index in [1.54, 1.807) is 18.7 Å². The number of hydrogen-bond acceptors (Lipinski definition) is 3. The lowest BCUT2D eigenvalue weighted by Crippen LogP contribution is -2.57. The Morgan fingerprint density at radius 2 is 1.69 bits per heavy atom. The third-order valence-corrected chi connectivity index (χ3v) is 9.49. The number of aliphatic carboxylic acids is 1. The van der Waals surface area contributed by atoms with Crippen LogP contribution in [0.25, 0.3) is 15.7 Å². The van der Waals surface area contributed by atoms with E-state index in [1.165, 1.54) is 65.8 Å². The molecule has 2 aliphatic rings. The Morgan fingerprint density at radius 3 is 2.33 bits per heavy atom. The van der Waals surface area contributed by atoms with E-state index in [1.807, 2.05) is 0 Å². The summed E-state index contributed by atoms with van der Waals surface area (Å²) in [6.07, 6.45) is 7.55. The number of nitrogens with zero attached hydrogens (tertiary/aromatic N) is 1. The first-order valence-electron chi connectivity index (χ1n) is 13.2. The molecule has 192 valence electrons. The van der Waals surface area contributed by atoms with Crippen molar-refractivity contribution in [2.45, 2.75) is 66.2 Å². The van der Waals surface area contributed by atoms with Gasteiger partial charge in [-0.1, -0.05) is 92.4 Å². The summed E-state index contributed by atoms with van der Waals surface area (Å²) in [5, 5.41) is 12.0. The lowest BCUT2D eigenvalue weighted by Gasteiger charge is -2.45. The van der Waals surface area contributed by atoms with Crippen LogP contribution in [0.2, 0.25) is 0 Å². The number of carbonyl (C=O) groups excluding carboxylic acids is 1. The van der Waals surface area contributed by atoms with Crippen molar-refractivity contribution in [1.29, 1.82) is 0 Å². The lowest BCUT2D eigenvalue weighted by molar-refractivity contribution is -0.157. The van der Waals surface area contributed by atoms with E-state index in [9.17, 15) is 14.7 Å². The highest BCUT2D eigenvalue weighted by Crippen LogP contribution is 2.44. The molecule has 0 aromatic heterocycles. The van der Waals surface area contributed by atoms with Crippen molar-refractivity contribution >= 4 is 39.3 Å². The minimum absolute atomic E-state index is 0.0409. The van der Waals surface area contributed by atoms with Crippen LogP contribution in [0.3, 0.4) is 0 Å². The predicted octanol–water partition coefficient (Wildman–Crippen LogP) is 7.67. The second-order valence-corrected chi connectivity index (χ2v) is 12.4. The van der Waals surface area contributed by atoms with Crippen molar-refractivity contribution in [3.05, 3.63) is 64.6 Å². The summed E-state index contributed by atoms with van der Waals surface area (Å²) < 4.78 is 0. The maximum atomic E-state index is 13.3. The second-order valence-electron chi connectivity index (χ2n) is 11.3. The molecule has 5 heteroatoms. The van der Waals surface area contributed by atoms with Gasteiger partial charge in [0.15, 0.2) is 0 Å². The number of aryl methyl sites for hydroxylation is 1. The number of fused-ring (bicyclic) bond motifs is 1. The van der Waals surface area contributed by atoms with Crippen LogP contribution >= 0.6 is 11.8 Å². The maximum Gasteiger partial charge on any atom is 0.309 e. The fourth-order valence-corrected chi connectivity index (χ4v) is 6.56. The smallest absolute Gasteiger partial charge is 0.309 e. The maximum absolute atomic E-state index is 13.3. The number of allylic oxidation sites excluding steroid dienone is 1. The fraction of sp³-hybridized carbons (Fsp3) is 0.484. The van der Waals surface area contributed by atoms with Crippen LogP contribution in [-0.4, -0.2) is 35.0 Å². The highest BCUT2D eigenvalue weighted by Gasteiger charge is 2.45. The number of thioether (sulfide) groups is 1. The Balaban J connectivity index is 1.60. The molecule has 4 rings (SSSR count). The molecular weight excluding hydrogens is 466 g/mol. The van der Waals surface area contributed by atoms with E-state index in [4.69, 9.17) is 0 Å². The van der Waals surface area contributed by atoms with Gasteiger partial charge < -0.3 is 10.0 Å². The minimum atomic E-state index is -0.840. The van der Waals surface area contributed by atoms with Crippen LogP contribution in [-0.2, 0) is 9.59 Å². The topological polar surface area (TPSA) is 57.6 Å². The Labute approximate surface area is 219 Å². The molecule has 0 spiro atoms. The molecule has 1 heterocycles. The normalized spacial score (nSPS) is 18.1. The molecule has 4 nitrogen and oxygen atoms in total. The summed E-state index contributed by atoms with van der Waals surface area (Å²) in [5.41, 5.74) is 2.89. The zero-order valence-electron chi connectivity index (χ0n) is 22.1. The number of carboxylic acids is 1. The zero-order valence-corrected chi connectivity index (χ0v) is 22.9. The summed E-state index contributed by atoms with van der Waals surface area (Å²) in [4.78, 5) is 28.3. The Bertz CT molecular complexity index is 1200. The lowest BCUT2D eigenvalue weighted by atomic mass is 9.74. The van der Waals surface area contributed by atoms with Gasteiger partial charge in [-0.2, -0.15) is 0 Å². The summed E-state index contributed by atoms with van der Waals surface area (Å²) in [6.45, 7) is 13.0. The van der Waals surface area contributed by atoms with Gasteiger partial charge in [0.1, 0.15) is 0 Å². The molecule has 0 atom stereocenters. The molecule has 1 aliphatic heterocycles. The summed E-state index contributed by atoms with van der Waals surface area (Å²) >= 11 is 1.49. The number of amides is 1. The largest absolute Gasteiger partial charge is 0.481 e. The first-order chi connectivity index (χ1) is 17.1. The third kappa shape index (κ3) is 5.41. The van der Waals surface area contributed by atoms with Crippen molar-refractivity contribution in [3.63, 3.8) is 0 Å². The first-order valence-corrected chi connectivity index (χ1v) is 14.0. The summed E-state index contributed by atoms with van der Waals surface area (Å²) in [6, 6.07) is 12.9. The van der Waals surface area contributed by atoms with Crippen molar-refractivity contribution < 1.29 is 14.7 Å². The van der Waals surface area contributed by atoms with E-state index in [-0.39, 0.29) is 11.8 Å². The van der Waals surface area contributed by atoms with Gasteiger partial charge >= 0.3 is 5.97 Å². The molecule has 1 saturated heterocycles.